The Hall–Kier alpha value is 1.00. The van der Waals surface area contributed by atoms with E-state index < -0.39 is 83.5 Å². The van der Waals surface area contributed by atoms with Gasteiger partial charge in [0.05, 0.1) is 6.61 Å². The average molecular weight is 713 g/mol. The van der Waals surface area contributed by atoms with Crippen LogP contribution >= 0.6 is 15.6 Å². The van der Waals surface area contributed by atoms with Gasteiger partial charge in [0.1, 0.15) is 43.2 Å². The molecule has 45 heavy (non-hydrogen) atoms. The summed E-state index contributed by atoms with van der Waals surface area (Å²) in [7, 11) is -10.6. The van der Waals surface area contributed by atoms with Crippen molar-refractivity contribution in [2.45, 2.75) is 134 Å². The monoisotopic (exact) mass is 712 g/mol. The fourth-order valence-corrected chi connectivity index (χ4v) is 5.86. The molecule has 0 heterocycles. The van der Waals surface area contributed by atoms with Crippen LogP contribution in [-0.4, -0.2) is 103 Å². The SMILES string of the molecule is CCCCCCCC(=O)OC[C@H](COP(=O)(O)O[C@H]1[C@@H](O)[C@@H](OP(=O)(O)O)[C@H](O)[C@@H](O)[C@@H]1O)OC(=O)CCCCCCC.[Na+].[Na+]. The third-order valence-corrected chi connectivity index (χ3v) is 8.18. The number of unbranched alkanes of at least 4 members (excludes halogenated alkanes) is 8. The van der Waals surface area contributed by atoms with E-state index in [2.05, 4.69) is 11.4 Å². The number of esters is 2. The second-order valence-electron chi connectivity index (χ2n) is 10.5. The number of phosphoric acid groups is 2. The minimum atomic E-state index is -5.34. The molecule has 1 fully saturated rings. The van der Waals surface area contributed by atoms with Crippen molar-refractivity contribution in [2.24, 2.45) is 0 Å². The molecule has 7 N–H and O–H groups in total. The van der Waals surface area contributed by atoms with Gasteiger partial charge in [-0.25, -0.2) is 9.13 Å². The number of ether oxygens (including phenoxy) is 2. The van der Waals surface area contributed by atoms with Gasteiger partial charge >= 0.3 is 86.7 Å². The molecule has 0 radical (unpaired) electrons. The van der Waals surface area contributed by atoms with Gasteiger partial charge in [0, 0.05) is 12.8 Å². The second-order valence-corrected chi connectivity index (χ2v) is 13.1. The summed E-state index contributed by atoms with van der Waals surface area (Å²) >= 11 is 0. The molecule has 0 spiro atoms. The fourth-order valence-electron chi connectivity index (χ4n) is 4.32. The van der Waals surface area contributed by atoms with Crippen LogP contribution in [0.4, 0.5) is 0 Å². The van der Waals surface area contributed by atoms with Crippen LogP contribution in [0.25, 0.3) is 0 Å². The molecule has 0 amide bonds. The summed E-state index contributed by atoms with van der Waals surface area (Å²) in [6, 6.07) is 0. The van der Waals surface area contributed by atoms with Crippen molar-refractivity contribution < 1.29 is 136 Å². The molecule has 1 aliphatic carbocycles. The van der Waals surface area contributed by atoms with Crippen LogP contribution in [-0.2, 0) is 41.8 Å². The largest absolute Gasteiger partial charge is 1.00 e. The zero-order chi connectivity index (χ0) is 32.6. The zero-order valence-corrected chi connectivity index (χ0v) is 32.4. The summed E-state index contributed by atoms with van der Waals surface area (Å²) in [6.45, 7) is 2.77. The molecule has 1 rings (SSSR count). The summed E-state index contributed by atoms with van der Waals surface area (Å²) in [6.07, 6.45) is -5.81. The van der Waals surface area contributed by atoms with E-state index in [4.69, 9.17) is 28.3 Å². The van der Waals surface area contributed by atoms with Crippen LogP contribution < -0.4 is 59.1 Å². The van der Waals surface area contributed by atoms with Crippen molar-refractivity contribution in [1.29, 1.82) is 0 Å². The topological polar surface area (TPSA) is 256 Å². The minimum Gasteiger partial charge on any atom is -0.462 e. The molecular weight excluding hydrogens is 664 g/mol. The van der Waals surface area contributed by atoms with Crippen molar-refractivity contribution >= 4 is 27.6 Å². The standard InChI is InChI=1S/C25H48O16P2.2Na/c1-3-5-7-9-11-13-18(26)37-15-17(39-19(27)14-12-10-8-6-4-2)16-38-43(35,36)41-25-22(30)20(28)21(29)24(23(25)31)40-42(32,33)34;;/h17,20-25,28-31H,3-16H2,1-2H3,(H,35,36)(H2,32,33,34);;/q;2*+1/t17-,20-,21-,22+,23+,24+,25-;;/m1../s1. The molecule has 1 saturated carbocycles. The molecule has 0 aromatic heterocycles. The number of aliphatic hydroxyl groups excluding tert-OH is 4. The second kappa shape index (κ2) is 25.0. The summed E-state index contributed by atoms with van der Waals surface area (Å²) < 4.78 is 48.3. The predicted molar refractivity (Wildman–Crippen MR) is 149 cm³/mol. The molecule has 0 aromatic carbocycles. The Balaban J connectivity index is 0. The number of carbonyl (C=O) groups excluding carboxylic acids is 2. The number of aliphatic hydroxyl groups is 4. The molecule has 0 aromatic rings. The molecule has 8 atom stereocenters. The first-order chi connectivity index (χ1) is 20.1. The summed E-state index contributed by atoms with van der Waals surface area (Å²) in [5.74, 6) is -1.24. The van der Waals surface area contributed by atoms with E-state index in [0.717, 1.165) is 51.4 Å². The Morgan fingerprint density at radius 2 is 1.11 bits per heavy atom. The third kappa shape index (κ3) is 20.3. The number of hydrogen-bond acceptors (Lipinski definition) is 13. The Kier molecular flexibility index (Phi) is 26.8. The molecular formula is C25H48Na2O16P2+2. The van der Waals surface area contributed by atoms with Gasteiger partial charge in [-0.3, -0.25) is 23.2 Å². The quantitative estimate of drug-likeness (QED) is 0.0242. The van der Waals surface area contributed by atoms with Gasteiger partial charge in [-0.15, -0.1) is 0 Å². The van der Waals surface area contributed by atoms with E-state index in [9.17, 15) is 44.0 Å². The molecule has 20 heteroatoms. The van der Waals surface area contributed by atoms with E-state index in [-0.39, 0.29) is 72.0 Å². The van der Waals surface area contributed by atoms with Crippen LogP contribution in [0.2, 0.25) is 0 Å². The van der Waals surface area contributed by atoms with Gasteiger partial charge in [0.25, 0.3) is 0 Å². The van der Waals surface area contributed by atoms with Crippen molar-refractivity contribution in [2.75, 3.05) is 13.2 Å². The van der Waals surface area contributed by atoms with Crippen LogP contribution in [0.5, 0.6) is 0 Å². The number of hydrogen-bond donors (Lipinski definition) is 7. The number of phosphoric ester groups is 2. The molecule has 254 valence electrons. The normalized spacial score (nSPS) is 25.3. The number of carbonyl (C=O) groups is 2. The fraction of sp³-hybridized carbons (Fsp3) is 0.920. The van der Waals surface area contributed by atoms with Gasteiger partial charge in [0.15, 0.2) is 6.10 Å². The summed E-state index contributed by atoms with van der Waals surface area (Å²) in [4.78, 5) is 52.8. The zero-order valence-electron chi connectivity index (χ0n) is 26.6. The van der Waals surface area contributed by atoms with Crippen LogP contribution in [0, 0.1) is 0 Å². The maximum Gasteiger partial charge on any atom is 1.00 e. The molecule has 1 aliphatic rings. The maximum absolute atomic E-state index is 12.7. The first kappa shape index (κ1) is 48.1. The Morgan fingerprint density at radius 1 is 0.644 bits per heavy atom. The summed E-state index contributed by atoms with van der Waals surface area (Å²) in [5, 5.41) is 40.6. The molecule has 0 saturated heterocycles. The Bertz CT molecular complexity index is 926. The van der Waals surface area contributed by atoms with Gasteiger partial charge in [0.2, 0.25) is 0 Å². The number of rotatable bonds is 22. The van der Waals surface area contributed by atoms with Crippen molar-refractivity contribution in [3.05, 3.63) is 0 Å². The van der Waals surface area contributed by atoms with E-state index in [1.807, 2.05) is 6.92 Å². The van der Waals surface area contributed by atoms with Crippen molar-refractivity contribution in [1.82, 2.24) is 0 Å². The smallest absolute Gasteiger partial charge is 0.462 e. The molecule has 1 unspecified atom stereocenters. The average Bonchev–Trinajstić information content (AvgIpc) is 2.93. The van der Waals surface area contributed by atoms with Crippen LogP contribution in [0.15, 0.2) is 0 Å². The van der Waals surface area contributed by atoms with Crippen LogP contribution in [0.1, 0.15) is 90.9 Å². The van der Waals surface area contributed by atoms with E-state index in [1.54, 1.807) is 0 Å². The molecule has 0 bridgehead atoms. The molecule has 16 nitrogen and oxygen atoms in total. The summed E-state index contributed by atoms with van der Waals surface area (Å²) in [5.41, 5.74) is 0. The van der Waals surface area contributed by atoms with Gasteiger partial charge in [-0.05, 0) is 12.8 Å². The Morgan fingerprint density at radius 3 is 1.60 bits per heavy atom. The van der Waals surface area contributed by atoms with E-state index in [0.29, 0.717) is 12.8 Å². The van der Waals surface area contributed by atoms with E-state index in [1.165, 1.54) is 0 Å². The maximum atomic E-state index is 12.7. The first-order valence-electron chi connectivity index (χ1n) is 14.6. The van der Waals surface area contributed by atoms with Crippen molar-refractivity contribution in [3.63, 3.8) is 0 Å². The van der Waals surface area contributed by atoms with E-state index >= 15 is 0 Å². The third-order valence-electron chi connectivity index (χ3n) is 6.68. The van der Waals surface area contributed by atoms with Gasteiger partial charge in [-0.2, -0.15) is 0 Å². The van der Waals surface area contributed by atoms with Gasteiger partial charge in [-0.1, -0.05) is 65.2 Å². The minimum absolute atomic E-state index is 0. The first-order valence-corrected chi connectivity index (χ1v) is 17.6. The molecule has 0 aliphatic heterocycles. The predicted octanol–water partition coefficient (Wildman–Crippen LogP) is -4.39. The Labute approximate surface area is 308 Å². The van der Waals surface area contributed by atoms with Crippen LogP contribution in [0.3, 0.4) is 0 Å². The van der Waals surface area contributed by atoms with Crippen molar-refractivity contribution in [3.8, 4) is 0 Å². The van der Waals surface area contributed by atoms with Gasteiger partial charge < -0.3 is 44.6 Å².